The van der Waals surface area contributed by atoms with Crippen LogP contribution in [0.1, 0.15) is 0 Å². The van der Waals surface area contributed by atoms with Gasteiger partial charge in [-0.2, -0.15) is 0 Å². The van der Waals surface area contributed by atoms with Crippen LogP contribution in [0.5, 0.6) is 11.5 Å². The maximum atomic E-state index is 11.9. The summed E-state index contributed by atoms with van der Waals surface area (Å²) in [6, 6.07) is 0.389. The van der Waals surface area contributed by atoms with Crippen molar-refractivity contribution in [3.05, 3.63) is 9.77 Å². The summed E-state index contributed by atoms with van der Waals surface area (Å²) in [6.07, 6.45) is -5.07. The van der Waals surface area contributed by atoms with Gasteiger partial charge in [0.05, 0.1) is 0 Å². The molecule has 0 amide bonds. The molecular formula is C6H4F3IN2O4S. The van der Waals surface area contributed by atoms with Gasteiger partial charge in [0.15, 0.2) is 16.5 Å². The number of alkyl halides is 3. The van der Waals surface area contributed by atoms with E-state index >= 15 is 0 Å². The predicted octanol–water partition coefficient (Wildman–Crippen LogP) is 0.938. The minimum Gasteiger partial charge on any atom is -0.502 e. The molecule has 96 valence electrons. The van der Waals surface area contributed by atoms with Crippen LogP contribution in [0.25, 0.3) is 0 Å². The number of ether oxygens (including phenoxy) is 1. The molecule has 11 heteroatoms. The molecular weight excluding hydrogens is 380 g/mol. The van der Waals surface area contributed by atoms with Crippen molar-refractivity contribution in [1.29, 1.82) is 0 Å². The van der Waals surface area contributed by atoms with E-state index in [9.17, 15) is 26.7 Å². The first-order valence-electron chi connectivity index (χ1n) is 3.69. The molecule has 0 aliphatic rings. The lowest BCUT2D eigenvalue weighted by atomic mass is 10.4. The number of rotatable bonds is 2. The van der Waals surface area contributed by atoms with Gasteiger partial charge in [-0.3, -0.25) is 0 Å². The molecule has 0 aliphatic carbocycles. The van der Waals surface area contributed by atoms with E-state index in [2.05, 4.69) is 9.72 Å². The van der Waals surface area contributed by atoms with Gasteiger partial charge in [0, 0.05) is 6.07 Å². The number of hydrogen-bond acceptors (Lipinski definition) is 5. The minimum absolute atomic E-state index is 0.381. The van der Waals surface area contributed by atoms with Gasteiger partial charge >= 0.3 is 6.36 Å². The van der Waals surface area contributed by atoms with E-state index in [0.29, 0.717) is 6.07 Å². The lowest BCUT2D eigenvalue weighted by molar-refractivity contribution is -0.275. The van der Waals surface area contributed by atoms with Crippen molar-refractivity contribution in [2.24, 2.45) is 5.14 Å². The number of aromatic nitrogens is 1. The Kier molecular flexibility index (Phi) is 3.73. The summed E-state index contributed by atoms with van der Waals surface area (Å²) >= 11 is 1.34. The maximum absolute atomic E-state index is 11.9. The lowest BCUT2D eigenvalue weighted by Crippen LogP contribution is -2.19. The molecule has 17 heavy (non-hydrogen) atoms. The molecule has 0 aliphatic heterocycles. The van der Waals surface area contributed by atoms with Crippen LogP contribution in [-0.2, 0) is 10.0 Å². The largest absolute Gasteiger partial charge is 0.573 e. The van der Waals surface area contributed by atoms with Gasteiger partial charge in [-0.1, -0.05) is 0 Å². The van der Waals surface area contributed by atoms with Gasteiger partial charge in [-0.15, -0.1) is 13.2 Å². The number of pyridine rings is 1. The third kappa shape index (κ3) is 3.85. The van der Waals surface area contributed by atoms with Crippen LogP contribution in [0.15, 0.2) is 11.1 Å². The Labute approximate surface area is 107 Å². The Balaban J connectivity index is 3.36. The zero-order valence-corrected chi connectivity index (χ0v) is 10.7. The average molecular weight is 384 g/mol. The van der Waals surface area contributed by atoms with E-state index in [1.54, 1.807) is 0 Å². The molecule has 0 saturated carbocycles. The molecule has 0 atom stereocenters. The van der Waals surface area contributed by atoms with Gasteiger partial charge in [0.1, 0.15) is 3.70 Å². The molecule has 0 radical (unpaired) electrons. The molecule has 0 unspecified atom stereocenters. The lowest BCUT2D eigenvalue weighted by Gasteiger charge is -2.11. The maximum Gasteiger partial charge on any atom is 0.573 e. The van der Waals surface area contributed by atoms with Gasteiger partial charge in [0.25, 0.3) is 10.0 Å². The highest BCUT2D eigenvalue weighted by Gasteiger charge is 2.33. The van der Waals surface area contributed by atoms with Gasteiger partial charge < -0.3 is 9.84 Å². The second-order valence-corrected chi connectivity index (χ2v) is 5.22. The SMILES string of the molecule is NS(=O)(=O)c1cc(OC(F)(F)F)c(O)c(I)n1. The number of nitrogens with zero attached hydrogens (tertiary/aromatic N) is 1. The summed E-state index contributed by atoms with van der Waals surface area (Å²) in [5.74, 6) is -2.00. The molecule has 1 heterocycles. The fraction of sp³-hybridized carbons (Fsp3) is 0.167. The fourth-order valence-electron chi connectivity index (χ4n) is 0.812. The smallest absolute Gasteiger partial charge is 0.502 e. The van der Waals surface area contributed by atoms with E-state index in [1.807, 2.05) is 0 Å². The summed E-state index contributed by atoms with van der Waals surface area (Å²) < 4.78 is 60.7. The minimum atomic E-state index is -5.07. The first-order valence-corrected chi connectivity index (χ1v) is 6.31. The van der Waals surface area contributed by atoms with Crippen LogP contribution in [0.4, 0.5) is 13.2 Å². The highest BCUT2D eigenvalue weighted by Crippen LogP contribution is 2.35. The van der Waals surface area contributed by atoms with Crippen molar-refractivity contribution in [2.75, 3.05) is 0 Å². The topological polar surface area (TPSA) is 103 Å². The first-order chi connectivity index (χ1) is 7.50. The van der Waals surface area contributed by atoms with Crippen molar-refractivity contribution >= 4 is 32.6 Å². The van der Waals surface area contributed by atoms with Crippen LogP contribution < -0.4 is 9.88 Å². The molecule has 0 spiro atoms. The molecule has 6 nitrogen and oxygen atoms in total. The third-order valence-corrected chi connectivity index (χ3v) is 2.95. The van der Waals surface area contributed by atoms with Gasteiger partial charge in [-0.25, -0.2) is 18.5 Å². The van der Waals surface area contributed by atoms with E-state index < -0.39 is 32.9 Å². The summed E-state index contributed by atoms with van der Waals surface area (Å²) in [7, 11) is -4.29. The summed E-state index contributed by atoms with van der Waals surface area (Å²) in [4.78, 5) is 3.31. The molecule has 0 fully saturated rings. The average Bonchev–Trinajstić information content (AvgIpc) is 2.08. The standard InChI is InChI=1S/C6H4F3IN2O4S/c7-6(8,9)16-2-1-3(17(11,14)15)12-5(10)4(2)13/h1,13H,(H2,11,14,15). The summed E-state index contributed by atoms with van der Waals surface area (Å²) in [5.41, 5.74) is 0. The van der Waals surface area contributed by atoms with E-state index in [1.165, 1.54) is 22.6 Å². The monoisotopic (exact) mass is 384 g/mol. The zero-order valence-electron chi connectivity index (χ0n) is 7.69. The van der Waals surface area contributed by atoms with Gasteiger partial charge in [0.2, 0.25) is 0 Å². The number of hydrogen-bond donors (Lipinski definition) is 2. The second kappa shape index (κ2) is 4.45. The van der Waals surface area contributed by atoms with E-state index in [0.717, 1.165) is 0 Å². The molecule has 1 rings (SSSR count). The van der Waals surface area contributed by atoms with Crippen LogP contribution in [0.2, 0.25) is 0 Å². The Bertz CT molecular complexity index is 545. The van der Waals surface area contributed by atoms with E-state index in [-0.39, 0.29) is 3.70 Å². The Morgan fingerprint density at radius 1 is 1.47 bits per heavy atom. The van der Waals surface area contributed by atoms with Crippen LogP contribution in [-0.4, -0.2) is 24.9 Å². The Hall–Kier alpha value is -0.820. The molecule has 1 aromatic heterocycles. The number of sulfonamides is 1. The van der Waals surface area contributed by atoms with Crippen molar-refractivity contribution < 1.29 is 31.4 Å². The van der Waals surface area contributed by atoms with Crippen molar-refractivity contribution in [3.8, 4) is 11.5 Å². The van der Waals surface area contributed by atoms with Crippen molar-refractivity contribution in [2.45, 2.75) is 11.4 Å². The highest BCUT2D eigenvalue weighted by molar-refractivity contribution is 14.1. The Morgan fingerprint density at radius 2 is 2.00 bits per heavy atom. The predicted molar refractivity (Wildman–Crippen MR) is 56.7 cm³/mol. The zero-order chi connectivity index (χ0) is 13.4. The first kappa shape index (κ1) is 14.2. The molecule has 3 N–H and O–H groups in total. The van der Waals surface area contributed by atoms with Crippen molar-refractivity contribution in [1.82, 2.24) is 4.98 Å². The molecule has 0 bridgehead atoms. The number of halogens is 4. The van der Waals surface area contributed by atoms with Gasteiger partial charge in [-0.05, 0) is 22.6 Å². The second-order valence-electron chi connectivity index (χ2n) is 2.69. The van der Waals surface area contributed by atoms with Crippen molar-refractivity contribution in [3.63, 3.8) is 0 Å². The Morgan fingerprint density at radius 3 is 2.41 bits per heavy atom. The molecule has 0 saturated heterocycles. The highest BCUT2D eigenvalue weighted by atomic mass is 127. The van der Waals surface area contributed by atoms with Crippen LogP contribution in [0.3, 0.4) is 0 Å². The fourth-order valence-corrected chi connectivity index (χ4v) is 1.99. The number of primary sulfonamides is 1. The number of nitrogens with two attached hydrogens (primary N) is 1. The number of aromatic hydroxyl groups is 1. The molecule has 0 aromatic carbocycles. The summed E-state index contributed by atoms with van der Waals surface area (Å²) in [5, 5.41) is 13.1. The molecule has 1 aromatic rings. The normalized spacial score (nSPS) is 12.5. The quantitative estimate of drug-likeness (QED) is 0.584. The third-order valence-electron chi connectivity index (χ3n) is 1.41. The summed E-state index contributed by atoms with van der Waals surface area (Å²) in [6.45, 7) is 0. The van der Waals surface area contributed by atoms with Crippen LogP contribution >= 0.6 is 22.6 Å². The van der Waals surface area contributed by atoms with E-state index in [4.69, 9.17) is 5.14 Å². The van der Waals surface area contributed by atoms with Crippen LogP contribution in [0, 0.1) is 3.70 Å².